The van der Waals surface area contributed by atoms with Crippen molar-refractivity contribution in [3.63, 3.8) is 0 Å². The van der Waals surface area contributed by atoms with Crippen molar-refractivity contribution < 1.29 is 0 Å². The second-order valence-corrected chi connectivity index (χ2v) is 8.40. The maximum atomic E-state index is 5.96. The molecule has 4 saturated carbocycles. The molecule has 1 heterocycles. The van der Waals surface area contributed by atoms with Crippen LogP contribution < -0.4 is 5.73 Å². The molecule has 1 aromatic heterocycles. The standard InChI is InChI=1S/C17H25NS/c18-4-3-15(16-2-1-5-19-16)17-9-12-6-13(10-17)8-14(7-12)11-17/h1-2,5,12-15H,3-4,6-11,18H2. The van der Waals surface area contributed by atoms with Crippen LogP contribution >= 0.6 is 11.3 Å². The van der Waals surface area contributed by atoms with Crippen LogP contribution in [0.15, 0.2) is 17.5 Å². The zero-order valence-corrected chi connectivity index (χ0v) is 12.5. The first-order valence-electron chi connectivity index (χ1n) is 8.02. The predicted molar refractivity (Wildman–Crippen MR) is 81.3 cm³/mol. The van der Waals surface area contributed by atoms with E-state index in [9.17, 15) is 0 Å². The summed E-state index contributed by atoms with van der Waals surface area (Å²) >= 11 is 1.96. The van der Waals surface area contributed by atoms with Gasteiger partial charge in [-0.15, -0.1) is 11.3 Å². The van der Waals surface area contributed by atoms with Crippen molar-refractivity contribution in [1.29, 1.82) is 0 Å². The summed E-state index contributed by atoms with van der Waals surface area (Å²) in [5.74, 6) is 3.90. The predicted octanol–water partition coefficient (Wildman–Crippen LogP) is 4.40. The van der Waals surface area contributed by atoms with Crippen LogP contribution in [0.2, 0.25) is 0 Å². The zero-order valence-electron chi connectivity index (χ0n) is 11.7. The molecule has 4 aliphatic carbocycles. The smallest absolute Gasteiger partial charge is 0.00822 e. The van der Waals surface area contributed by atoms with E-state index >= 15 is 0 Å². The van der Waals surface area contributed by atoms with Gasteiger partial charge in [-0.1, -0.05) is 6.07 Å². The molecule has 0 aromatic carbocycles. The highest BCUT2D eigenvalue weighted by molar-refractivity contribution is 7.10. The van der Waals surface area contributed by atoms with Crippen LogP contribution in [0.3, 0.4) is 0 Å². The number of nitrogens with two attached hydrogens (primary N) is 1. The van der Waals surface area contributed by atoms with E-state index in [1.54, 1.807) is 4.88 Å². The fourth-order valence-electron chi connectivity index (χ4n) is 6.01. The van der Waals surface area contributed by atoms with Gasteiger partial charge in [0, 0.05) is 10.8 Å². The molecule has 104 valence electrons. The third-order valence-electron chi connectivity index (χ3n) is 6.17. The van der Waals surface area contributed by atoms with Gasteiger partial charge in [-0.25, -0.2) is 0 Å². The Morgan fingerprint density at radius 3 is 2.26 bits per heavy atom. The van der Waals surface area contributed by atoms with E-state index in [2.05, 4.69) is 17.5 Å². The molecule has 4 fully saturated rings. The molecule has 0 aliphatic heterocycles. The lowest BCUT2D eigenvalue weighted by Gasteiger charge is -2.59. The van der Waals surface area contributed by atoms with Gasteiger partial charge in [0.2, 0.25) is 0 Å². The molecule has 2 N–H and O–H groups in total. The molecule has 5 rings (SSSR count). The number of hydrogen-bond acceptors (Lipinski definition) is 2. The summed E-state index contributed by atoms with van der Waals surface area (Å²) in [6, 6.07) is 4.59. The van der Waals surface area contributed by atoms with Crippen LogP contribution in [0.4, 0.5) is 0 Å². The van der Waals surface area contributed by atoms with Crippen LogP contribution in [0.5, 0.6) is 0 Å². The fourth-order valence-corrected chi connectivity index (χ4v) is 7.01. The highest BCUT2D eigenvalue weighted by atomic mass is 32.1. The molecule has 0 radical (unpaired) electrons. The summed E-state index contributed by atoms with van der Waals surface area (Å²) in [6.07, 6.45) is 10.3. The largest absolute Gasteiger partial charge is 0.330 e. The average molecular weight is 275 g/mol. The fraction of sp³-hybridized carbons (Fsp3) is 0.765. The summed E-state index contributed by atoms with van der Waals surface area (Å²) in [7, 11) is 0. The van der Waals surface area contributed by atoms with Crippen molar-refractivity contribution in [2.75, 3.05) is 6.54 Å². The first kappa shape index (κ1) is 12.4. The molecular formula is C17H25NS. The van der Waals surface area contributed by atoms with E-state index in [1.807, 2.05) is 11.3 Å². The van der Waals surface area contributed by atoms with E-state index in [-0.39, 0.29) is 0 Å². The van der Waals surface area contributed by atoms with E-state index < -0.39 is 0 Å². The Labute approximate surface area is 120 Å². The summed E-state index contributed by atoms with van der Waals surface area (Å²) < 4.78 is 0. The minimum Gasteiger partial charge on any atom is -0.330 e. The van der Waals surface area contributed by atoms with Crippen molar-refractivity contribution >= 4 is 11.3 Å². The molecule has 4 bridgehead atoms. The monoisotopic (exact) mass is 275 g/mol. The Morgan fingerprint density at radius 1 is 1.16 bits per heavy atom. The molecule has 1 aromatic rings. The third-order valence-corrected chi connectivity index (χ3v) is 7.15. The molecule has 4 aliphatic rings. The van der Waals surface area contributed by atoms with Crippen LogP contribution in [0.25, 0.3) is 0 Å². The number of rotatable bonds is 4. The lowest BCUT2D eigenvalue weighted by Crippen LogP contribution is -2.49. The van der Waals surface area contributed by atoms with Crippen molar-refractivity contribution in [3.05, 3.63) is 22.4 Å². The molecular weight excluding hydrogens is 250 g/mol. The minimum absolute atomic E-state index is 0.624. The Balaban J connectivity index is 1.68. The molecule has 0 saturated heterocycles. The first-order valence-corrected chi connectivity index (χ1v) is 8.90. The van der Waals surface area contributed by atoms with Crippen LogP contribution in [0.1, 0.15) is 55.7 Å². The Kier molecular flexibility index (Phi) is 3.00. The second-order valence-electron chi connectivity index (χ2n) is 7.43. The van der Waals surface area contributed by atoms with Crippen molar-refractivity contribution in [1.82, 2.24) is 0 Å². The van der Waals surface area contributed by atoms with Crippen LogP contribution in [0, 0.1) is 23.2 Å². The van der Waals surface area contributed by atoms with Gasteiger partial charge in [0.25, 0.3) is 0 Å². The molecule has 0 amide bonds. The maximum absolute atomic E-state index is 5.96. The number of thiophene rings is 1. The highest BCUT2D eigenvalue weighted by Crippen LogP contribution is 2.65. The van der Waals surface area contributed by atoms with Crippen LogP contribution in [-0.2, 0) is 0 Å². The zero-order chi connectivity index (χ0) is 12.9. The van der Waals surface area contributed by atoms with Crippen molar-refractivity contribution in [2.24, 2.45) is 28.9 Å². The topological polar surface area (TPSA) is 26.0 Å². The molecule has 2 heteroatoms. The van der Waals surface area contributed by atoms with E-state index in [0.29, 0.717) is 5.41 Å². The highest BCUT2D eigenvalue weighted by Gasteiger charge is 2.54. The third kappa shape index (κ3) is 1.99. The molecule has 1 nitrogen and oxygen atoms in total. The van der Waals surface area contributed by atoms with Gasteiger partial charge in [-0.3, -0.25) is 0 Å². The van der Waals surface area contributed by atoms with E-state index in [4.69, 9.17) is 5.73 Å². The normalized spacial score (nSPS) is 41.6. The Hall–Kier alpha value is -0.340. The quantitative estimate of drug-likeness (QED) is 0.866. The van der Waals surface area contributed by atoms with Gasteiger partial charge < -0.3 is 5.73 Å². The number of hydrogen-bond donors (Lipinski definition) is 1. The maximum Gasteiger partial charge on any atom is 0.00822 e. The van der Waals surface area contributed by atoms with Gasteiger partial charge in [-0.2, -0.15) is 0 Å². The van der Waals surface area contributed by atoms with Crippen molar-refractivity contribution in [2.45, 2.75) is 50.9 Å². The molecule has 19 heavy (non-hydrogen) atoms. The molecule has 0 spiro atoms. The van der Waals surface area contributed by atoms with Gasteiger partial charge in [0.15, 0.2) is 0 Å². The van der Waals surface area contributed by atoms with E-state index in [1.165, 1.54) is 44.9 Å². The Morgan fingerprint density at radius 2 is 1.79 bits per heavy atom. The summed E-state index contributed by atoms with van der Waals surface area (Å²) in [6.45, 7) is 0.852. The summed E-state index contributed by atoms with van der Waals surface area (Å²) in [5, 5.41) is 2.25. The lowest BCUT2D eigenvalue weighted by atomic mass is 9.46. The van der Waals surface area contributed by atoms with Gasteiger partial charge in [0.1, 0.15) is 0 Å². The van der Waals surface area contributed by atoms with Crippen LogP contribution in [-0.4, -0.2) is 6.54 Å². The Bertz CT molecular complexity index is 401. The molecule has 1 unspecified atom stereocenters. The SMILES string of the molecule is NCCC(c1cccs1)C12CC3CC(CC(C3)C1)C2. The van der Waals surface area contributed by atoms with Gasteiger partial charge in [0.05, 0.1) is 0 Å². The average Bonchev–Trinajstić information content (AvgIpc) is 2.87. The lowest BCUT2D eigenvalue weighted by molar-refractivity contribution is -0.0691. The summed E-state index contributed by atoms with van der Waals surface area (Å²) in [4.78, 5) is 1.62. The molecule has 1 atom stereocenters. The minimum atomic E-state index is 0.624. The second kappa shape index (κ2) is 4.60. The summed E-state index contributed by atoms with van der Waals surface area (Å²) in [5.41, 5.74) is 6.58. The van der Waals surface area contributed by atoms with Crippen molar-refractivity contribution in [3.8, 4) is 0 Å². The first-order chi connectivity index (χ1) is 9.29. The van der Waals surface area contributed by atoms with Gasteiger partial charge in [-0.05, 0) is 86.1 Å². The van der Waals surface area contributed by atoms with E-state index in [0.717, 1.165) is 30.2 Å². The van der Waals surface area contributed by atoms with Gasteiger partial charge >= 0.3 is 0 Å².